The third-order valence-electron chi connectivity index (χ3n) is 4.80. The summed E-state index contributed by atoms with van der Waals surface area (Å²) in [5.41, 5.74) is 4.82. The van der Waals surface area contributed by atoms with Gasteiger partial charge in [0.1, 0.15) is 11.8 Å². The highest BCUT2D eigenvalue weighted by molar-refractivity contribution is 5.71. The molecule has 4 aromatic rings. The van der Waals surface area contributed by atoms with Crippen molar-refractivity contribution in [2.75, 3.05) is 0 Å². The Morgan fingerprint density at radius 3 is 2.35 bits per heavy atom. The maximum atomic E-state index is 6.05. The third kappa shape index (κ3) is 3.21. The van der Waals surface area contributed by atoms with Gasteiger partial charge in [0.15, 0.2) is 17.6 Å². The maximum Gasteiger partial charge on any atom is 0.294 e. The van der Waals surface area contributed by atoms with Crippen LogP contribution in [0.3, 0.4) is 0 Å². The van der Waals surface area contributed by atoms with Gasteiger partial charge in [-0.15, -0.1) is 0 Å². The summed E-state index contributed by atoms with van der Waals surface area (Å²) >= 11 is 0. The number of benzene rings is 3. The quantitative estimate of drug-likeness (QED) is 0.510. The second-order valence-electron chi connectivity index (χ2n) is 6.65. The summed E-state index contributed by atoms with van der Waals surface area (Å²) in [6, 6.07) is 27.4. The van der Waals surface area contributed by atoms with Crippen molar-refractivity contribution in [3.63, 3.8) is 0 Å². The van der Waals surface area contributed by atoms with Crippen molar-refractivity contribution in [3.8, 4) is 5.75 Å². The minimum Gasteiger partial charge on any atom is -0.481 e. The second kappa shape index (κ2) is 7.04. The monoisotopic (exact) mass is 343 g/mol. The first-order valence-corrected chi connectivity index (χ1v) is 8.98. The van der Waals surface area contributed by atoms with Gasteiger partial charge in [0.2, 0.25) is 0 Å². The number of aromatic amines is 1. The highest BCUT2D eigenvalue weighted by atomic mass is 16.5. The number of nitrogens with zero attached hydrogens (tertiary/aromatic N) is 1. The number of hydrogen-bond donors (Lipinski definition) is 1. The van der Waals surface area contributed by atoms with E-state index in [1.807, 2.05) is 12.1 Å². The average Bonchev–Trinajstić information content (AvgIpc) is 3.06. The molecule has 3 nitrogen and oxygen atoms in total. The van der Waals surface area contributed by atoms with Gasteiger partial charge in [0, 0.05) is 0 Å². The molecular weight excluding hydrogens is 320 g/mol. The Labute approximate surface area is 153 Å². The maximum absolute atomic E-state index is 6.05. The number of rotatable bonds is 5. The predicted molar refractivity (Wildman–Crippen MR) is 104 cm³/mol. The van der Waals surface area contributed by atoms with Gasteiger partial charge in [0.05, 0.1) is 0 Å². The highest BCUT2D eigenvalue weighted by Crippen LogP contribution is 2.19. The predicted octanol–water partition coefficient (Wildman–Crippen LogP) is 4.95. The van der Waals surface area contributed by atoms with Crippen molar-refractivity contribution in [1.82, 2.24) is 4.98 Å². The van der Waals surface area contributed by atoms with Crippen LogP contribution in [0.1, 0.15) is 29.9 Å². The number of ether oxygens (including phenoxy) is 1. The zero-order chi connectivity index (χ0) is 17.9. The van der Waals surface area contributed by atoms with E-state index < -0.39 is 0 Å². The summed E-state index contributed by atoms with van der Waals surface area (Å²) in [5.74, 6) is 1.94. The summed E-state index contributed by atoms with van der Waals surface area (Å²) in [6.07, 6.45) is 0. The first-order valence-electron chi connectivity index (χ1n) is 8.98. The van der Waals surface area contributed by atoms with Gasteiger partial charge in [0.25, 0.3) is 5.82 Å². The summed E-state index contributed by atoms with van der Waals surface area (Å²) in [5, 5.41) is 0. The minimum absolute atomic E-state index is 0.212. The average molecular weight is 343 g/mol. The molecule has 1 heterocycles. The summed E-state index contributed by atoms with van der Waals surface area (Å²) < 4.78 is 8.38. The molecule has 0 amide bonds. The van der Waals surface area contributed by atoms with Gasteiger partial charge in [-0.3, -0.25) is 0 Å². The Morgan fingerprint density at radius 1 is 0.885 bits per heavy atom. The number of fused-ring (bicyclic) bond motifs is 1. The molecule has 0 aliphatic carbocycles. The normalized spacial score (nSPS) is 12.2. The van der Waals surface area contributed by atoms with Crippen molar-refractivity contribution in [2.45, 2.75) is 26.5 Å². The first kappa shape index (κ1) is 16.4. The lowest BCUT2D eigenvalue weighted by molar-refractivity contribution is -0.694. The van der Waals surface area contributed by atoms with E-state index in [1.165, 1.54) is 16.6 Å². The number of aromatic nitrogens is 2. The van der Waals surface area contributed by atoms with Crippen LogP contribution in [0.5, 0.6) is 5.75 Å². The van der Waals surface area contributed by atoms with Crippen LogP contribution in [-0.2, 0) is 6.61 Å². The molecule has 0 bridgehead atoms. The van der Waals surface area contributed by atoms with Crippen molar-refractivity contribution in [1.29, 1.82) is 0 Å². The zero-order valence-corrected chi connectivity index (χ0v) is 15.1. The number of imidazole rings is 1. The van der Waals surface area contributed by atoms with Gasteiger partial charge >= 0.3 is 0 Å². The SMILES string of the molecule is Cc1ccc(OCc2[nH]c3ccccc3[n+]2C(C)c2ccccc2)cc1. The van der Waals surface area contributed by atoms with E-state index in [2.05, 4.69) is 90.1 Å². The van der Waals surface area contributed by atoms with Crippen LogP contribution in [-0.4, -0.2) is 4.98 Å². The summed E-state index contributed by atoms with van der Waals surface area (Å²) in [7, 11) is 0. The van der Waals surface area contributed by atoms with E-state index in [0.717, 1.165) is 17.1 Å². The first-order chi connectivity index (χ1) is 12.7. The molecule has 1 N–H and O–H groups in total. The topological polar surface area (TPSA) is 28.9 Å². The summed E-state index contributed by atoms with van der Waals surface area (Å²) in [4.78, 5) is 3.53. The molecule has 1 aromatic heterocycles. The molecule has 3 heteroatoms. The number of H-pyrrole nitrogens is 1. The second-order valence-corrected chi connectivity index (χ2v) is 6.65. The van der Waals surface area contributed by atoms with E-state index in [9.17, 15) is 0 Å². The number of nitrogens with one attached hydrogen (secondary N) is 1. The molecule has 26 heavy (non-hydrogen) atoms. The van der Waals surface area contributed by atoms with Gasteiger partial charge in [-0.25, -0.2) is 9.55 Å². The Hall–Kier alpha value is -3.07. The smallest absolute Gasteiger partial charge is 0.294 e. The van der Waals surface area contributed by atoms with Crippen LogP contribution in [0.2, 0.25) is 0 Å². The molecule has 0 spiro atoms. The fraction of sp³-hybridized carbons (Fsp3) is 0.174. The van der Waals surface area contributed by atoms with Gasteiger partial charge in [-0.1, -0.05) is 60.2 Å². The number of aryl methyl sites for hydroxylation is 1. The molecule has 1 atom stereocenters. The Balaban J connectivity index is 1.70. The standard InChI is InChI=1S/C23H22N2O/c1-17-12-14-20(15-13-17)26-16-23-24-21-10-6-7-11-22(21)25(23)18(2)19-8-4-3-5-9-19/h3-15,18H,16H2,1-2H3/p+1. The van der Waals surface area contributed by atoms with E-state index in [0.29, 0.717) is 6.61 Å². The van der Waals surface area contributed by atoms with E-state index >= 15 is 0 Å². The number of para-hydroxylation sites is 2. The molecule has 4 rings (SSSR count). The van der Waals surface area contributed by atoms with Crippen molar-refractivity contribution in [3.05, 3.63) is 95.8 Å². The Kier molecular flexibility index (Phi) is 4.44. The van der Waals surface area contributed by atoms with E-state index in [4.69, 9.17) is 4.74 Å². The molecule has 0 saturated heterocycles. The van der Waals surface area contributed by atoms with Crippen LogP contribution >= 0.6 is 0 Å². The lowest BCUT2D eigenvalue weighted by atomic mass is 10.1. The van der Waals surface area contributed by atoms with Crippen LogP contribution in [0.4, 0.5) is 0 Å². The van der Waals surface area contributed by atoms with Gasteiger partial charge in [-0.2, -0.15) is 0 Å². The molecular formula is C23H23N2O+. The molecule has 0 fully saturated rings. The van der Waals surface area contributed by atoms with Crippen LogP contribution < -0.4 is 9.30 Å². The minimum atomic E-state index is 0.212. The number of hydrogen-bond acceptors (Lipinski definition) is 1. The van der Waals surface area contributed by atoms with Crippen LogP contribution in [0.25, 0.3) is 11.0 Å². The Morgan fingerprint density at radius 2 is 1.58 bits per heavy atom. The van der Waals surface area contributed by atoms with E-state index in [-0.39, 0.29) is 6.04 Å². The highest BCUT2D eigenvalue weighted by Gasteiger charge is 2.24. The van der Waals surface area contributed by atoms with Crippen molar-refractivity contribution >= 4 is 11.0 Å². The van der Waals surface area contributed by atoms with Crippen molar-refractivity contribution in [2.24, 2.45) is 0 Å². The van der Waals surface area contributed by atoms with Gasteiger partial charge < -0.3 is 4.74 Å². The molecule has 0 radical (unpaired) electrons. The summed E-state index contributed by atoms with van der Waals surface area (Å²) in [6.45, 7) is 4.80. The van der Waals surface area contributed by atoms with Crippen LogP contribution in [0, 0.1) is 6.92 Å². The zero-order valence-electron chi connectivity index (χ0n) is 15.1. The fourth-order valence-electron chi connectivity index (χ4n) is 3.37. The molecule has 3 aromatic carbocycles. The Bertz CT molecular complexity index is 1000. The molecule has 130 valence electrons. The largest absolute Gasteiger partial charge is 0.481 e. The molecule has 0 aliphatic rings. The third-order valence-corrected chi connectivity index (χ3v) is 4.80. The molecule has 0 aliphatic heterocycles. The lowest BCUT2D eigenvalue weighted by Crippen LogP contribution is -2.42. The lowest BCUT2D eigenvalue weighted by Gasteiger charge is -2.12. The van der Waals surface area contributed by atoms with E-state index in [1.54, 1.807) is 0 Å². The van der Waals surface area contributed by atoms with Crippen molar-refractivity contribution < 1.29 is 9.30 Å². The molecule has 1 unspecified atom stereocenters. The fourth-order valence-corrected chi connectivity index (χ4v) is 3.37. The molecule has 0 saturated carbocycles. The van der Waals surface area contributed by atoms with Crippen LogP contribution in [0.15, 0.2) is 78.9 Å². The van der Waals surface area contributed by atoms with Gasteiger partial charge in [-0.05, 0) is 43.7 Å².